The van der Waals surface area contributed by atoms with E-state index in [4.69, 9.17) is 4.98 Å². The van der Waals surface area contributed by atoms with Crippen molar-refractivity contribution >= 4 is 22.4 Å². The van der Waals surface area contributed by atoms with Crippen molar-refractivity contribution < 1.29 is 4.39 Å². The number of rotatable bonds is 5. The van der Waals surface area contributed by atoms with E-state index in [1.54, 1.807) is 12.3 Å². The lowest BCUT2D eigenvalue weighted by atomic mass is 9.93. The highest BCUT2D eigenvalue weighted by atomic mass is 19.1. The van der Waals surface area contributed by atoms with E-state index < -0.39 is 5.83 Å². The first kappa shape index (κ1) is 18.1. The average Bonchev–Trinajstić information content (AvgIpc) is 3.19. The first-order valence-electron chi connectivity index (χ1n) is 9.38. The van der Waals surface area contributed by atoms with Gasteiger partial charge in [-0.2, -0.15) is 0 Å². The van der Waals surface area contributed by atoms with Crippen molar-refractivity contribution in [2.45, 2.75) is 32.2 Å². The molecule has 0 unspecified atom stereocenters. The van der Waals surface area contributed by atoms with Crippen molar-refractivity contribution in [3.63, 3.8) is 0 Å². The summed E-state index contributed by atoms with van der Waals surface area (Å²) < 4.78 is 13.8. The summed E-state index contributed by atoms with van der Waals surface area (Å²) in [5.41, 5.74) is 4.68. The molecule has 1 aliphatic rings. The molecule has 142 valence electrons. The molecule has 0 fully saturated rings. The Hall–Kier alpha value is -3.28. The third kappa shape index (κ3) is 3.58. The van der Waals surface area contributed by atoms with Crippen LogP contribution in [0, 0.1) is 0 Å². The van der Waals surface area contributed by atoms with Crippen molar-refractivity contribution in [3.8, 4) is 0 Å². The minimum atomic E-state index is -0.426. The lowest BCUT2D eigenvalue weighted by molar-refractivity contribution is 0.603. The number of aryl methyl sites for hydroxylation is 1. The van der Waals surface area contributed by atoms with Gasteiger partial charge in [0.1, 0.15) is 11.3 Å². The molecule has 3 aromatic heterocycles. The number of anilines is 1. The molecular formula is C22H22FN5. The highest BCUT2D eigenvalue weighted by molar-refractivity contribution is 5.87. The number of aromatic amines is 1. The number of aromatic nitrogens is 4. The van der Waals surface area contributed by atoms with Gasteiger partial charge < -0.3 is 10.3 Å². The van der Waals surface area contributed by atoms with Crippen LogP contribution in [0.4, 0.5) is 10.2 Å². The molecule has 4 rings (SSSR count). The summed E-state index contributed by atoms with van der Waals surface area (Å²) in [4.78, 5) is 17.0. The fourth-order valence-corrected chi connectivity index (χ4v) is 3.54. The lowest BCUT2D eigenvalue weighted by Crippen LogP contribution is -2.27. The number of allylic oxidation sites excluding steroid dienone is 5. The predicted octanol–water partition coefficient (Wildman–Crippen LogP) is 4.77. The maximum absolute atomic E-state index is 13.8. The highest BCUT2D eigenvalue weighted by Gasteiger charge is 2.21. The minimum Gasteiger partial charge on any atom is -0.365 e. The zero-order valence-corrected chi connectivity index (χ0v) is 15.7. The maximum atomic E-state index is 13.8. The van der Waals surface area contributed by atoms with Gasteiger partial charge in [-0.25, -0.2) is 14.4 Å². The Morgan fingerprint density at radius 2 is 2.25 bits per heavy atom. The van der Waals surface area contributed by atoms with Gasteiger partial charge in [0, 0.05) is 29.7 Å². The van der Waals surface area contributed by atoms with Gasteiger partial charge in [-0.15, -0.1) is 0 Å². The van der Waals surface area contributed by atoms with Crippen LogP contribution < -0.4 is 5.32 Å². The molecule has 0 aliphatic heterocycles. The zero-order valence-electron chi connectivity index (χ0n) is 15.7. The van der Waals surface area contributed by atoms with Crippen LogP contribution >= 0.6 is 0 Å². The Labute approximate surface area is 163 Å². The van der Waals surface area contributed by atoms with Gasteiger partial charge in [0.05, 0.1) is 5.52 Å². The molecule has 3 aromatic rings. The number of nitrogens with one attached hydrogen (secondary N) is 2. The Bertz CT molecular complexity index is 1080. The number of hydrogen-bond donors (Lipinski definition) is 2. The molecule has 0 saturated carbocycles. The maximum Gasteiger partial charge on any atom is 0.162 e. The zero-order chi connectivity index (χ0) is 19.5. The second kappa shape index (κ2) is 7.76. The van der Waals surface area contributed by atoms with Crippen molar-refractivity contribution in [1.29, 1.82) is 0 Å². The third-order valence-corrected chi connectivity index (χ3v) is 4.99. The molecule has 1 aliphatic carbocycles. The van der Waals surface area contributed by atoms with Gasteiger partial charge in [0.25, 0.3) is 0 Å². The van der Waals surface area contributed by atoms with Crippen LogP contribution in [0.1, 0.15) is 30.4 Å². The Morgan fingerprint density at radius 3 is 3.07 bits per heavy atom. The van der Waals surface area contributed by atoms with Crippen molar-refractivity contribution in [3.05, 3.63) is 78.3 Å². The molecule has 0 saturated heterocycles. The topological polar surface area (TPSA) is 66.5 Å². The van der Waals surface area contributed by atoms with E-state index in [2.05, 4.69) is 32.9 Å². The van der Waals surface area contributed by atoms with E-state index in [-0.39, 0.29) is 6.04 Å². The molecule has 0 amide bonds. The number of H-pyrrole nitrogens is 1. The molecular weight excluding hydrogens is 353 g/mol. The van der Waals surface area contributed by atoms with Gasteiger partial charge in [-0.1, -0.05) is 12.7 Å². The predicted molar refractivity (Wildman–Crippen MR) is 111 cm³/mol. The van der Waals surface area contributed by atoms with Crippen molar-refractivity contribution in [2.75, 3.05) is 5.32 Å². The Kier molecular flexibility index (Phi) is 5.02. The number of fused-ring (bicyclic) bond motifs is 2. The number of halogens is 1. The molecule has 28 heavy (non-hydrogen) atoms. The lowest BCUT2D eigenvalue weighted by Gasteiger charge is -2.24. The highest BCUT2D eigenvalue weighted by Crippen LogP contribution is 2.27. The largest absolute Gasteiger partial charge is 0.365 e. The summed E-state index contributed by atoms with van der Waals surface area (Å²) >= 11 is 0. The molecule has 0 radical (unpaired) electrons. The molecule has 5 nitrogen and oxygen atoms in total. The quantitative estimate of drug-likeness (QED) is 0.631. The molecule has 2 N–H and O–H groups in total. The summed E-state index contributed by atoms with van der Waals surface area (Å²) in [5, 5.41) is 3.55. The molecule has 6 heteroatoms. The third-order valence-electron chi connectivity index (χ3n) is 4.99. The summed E-state index contributed by atoms with van der Waals surface area (Å²) in [6.45, 7) is 5.30. The first-order chi connectivity index (χ1) is 13.7. The van der Waals surface area contributed by atoms with E-state index in [1.807, 2.05) is 25.3 Å². The summed E-state index contributed by atoms with van der Waals surface area (Å²) in [5.74, 6) is 0.710. The van der Waals surface area contributed by atoms with Crippen molar-refractivity contribution in [1.82, 2.24) is 19.9 Å². The van der Waals surface area contributed by atoms with E-state index in [0.29, 0.717) is 17.2 Å². The molecule has 0 bridgehead atoms. The van der Waals surface area contributed by atoms with E-state index in [1.165, 1.54) is 23.4 Å². The average molecular weight is 375 g/mol. The van der Waals surface area contributed by atoms with Crippen LogP contribution in [0.2, 0.25) is 0 Å². The number of hydrogen-bond acceptors (Lipinski definition) is 4. The van der Waals surface area contributed by atoms with Gasteiger partial charge in [0.2, 0.25) is 0 Å². The van der Waals surface area contributed by atoms with Crippen LogP contribution in [-0.2, 0) is 12.8 Å². The van der Waals surface area contributed by atoms with Crippen LogP contribution in [0.5, 0.6) is 0 Å². The number of nitrogens with zero attached hydrogens (tertiary/aromatic N) is 3. The van der Waals surface area contributed by atoms with E-state index >= 15 is 0 Å². The fraction of sp³-hybridized carbons (Fsp3) is 0.227. The number of pyridine rings is 1. The van der Waals surface area contributed by atoms with Crippen LogP contribution in [-0.4, -0.2) is 26.0 Å². The van der Waals surface area contributed by atoms with Crippen molar-refractivity contribution in [2.24, 2.45) is 0 Å². The molecule has 1 atom stereocenters. The van der Waals surface area contributed by atoms with E-state index in [0.717, 1.165) is 30.3 Å². The van der Waals surface area contributed by atoms with Crippen LogP contribution in [0.15, 0.2) is 61.2 Å². The SMILES string of the molecule is C=C/C(F)=C\C(=C/C)c1nc(N[C@H]2CCc3[nH]ccc3C2)c2ncccc2n1. The van der Waals surface area contributed by atoms with Gasteiger partial charge in [-0.05, 0) is 62.1 Å². The van der Waals surface area contributed by atoms with Crippen LogP contribution in [0.25, 0.3) is 16.6 Å². The van der Waals surface area contributed by atoms with Gasteiger partial charge in [0.15, 0.2) is 11.6 Å². The Balaban J connectivity index is 1.72. The monoisotopic (exact) mass is 375 g/mol. The minimum absolute atomic E-state index is 0.255. The normalized spacial score (nSPS) is 17.4. The second-order valence-corrected chi connectivity index (χ2v) is 6.81. The summed E-state index contributed by atoms with van der Waals surface area (Å²) in [6.07, 6.45) is 11.0. The molecule has 3 heterocycles. The summed E-state index contributed by atoms with van der Waals surface area (Å²) in [6, 6.07) is 6.12. The van der Waals surface area contributed by atoms with E-state index in [9.17, 15) is 4.39 Å². The fourth-order valence-electron chi connectivity index (χ4n) is 3.54. The van der Waals surface area contributed by atoms with Crippen LogP contribution in [0.3, 0.4) is 0 Å². The van der Waals surface area contributed by atoms with Gasteiger partial charge >= 0.3 is 0 Å². The molecule has 0 spiro atoms. The smallest absolute Gasteiger partial charge is 0.162 e. The Morgan fingerprint density at radius 1 is 1.36 bits per heavy atom. The first-order valence-corrected chi connectivity index (χ1v) is 9.38. The van der Waals surface area contributed by atoms with Gasteiger partial charge in [-0.3, -0.25) is 4.98 Å². The second-order valence-electron chi connectivity index (χ2n) is 6.81. The summed E-state index contributed by atoms with van der Waals surface area (Å²) in [7, 11) is 0. The molecule has 0 aromatic carbocycles. The standard InChI is InChI=1S/C22H22FN5/c1-3-14(12-16(23)4-2)21-27-19-6-5-10-25-20(19)22(28-21)26-17-7-8-18-15(13-17)9-11-24-18/h3-6,9-12,17,24H,2,7-8,13H2,1H3,(H,26,27,28)/b14-3+,16-12+/t17-/m0/s1.